The molecule has 0 radical (unpaired) electrons. The number of rotatable bonds is 4. The third-order valence-corrected chi connectivity index (χ3v) is 5.14. The molecule has 2 aliphatic heterocycles. The van der Waals surface area contributed by atoms with Crippen LogP contribution in [0.25, 0.3) is 0 Å². The number of nitrogens with two attached hydrogens (primary N) is 1. The SMILES string of the molecule is NCc1cn(C2CCCN(Cc3cccc4c3CCOC4)C2)nn1. The second kappa shape index (κ2) is 7.01. The zero-order valence-corrected chi connectivity index (χ0v) is 14.0. The predicted molar refractivity (Wildman–Crippen MR) is 91.3 cm³/mol. The van der Waals surface area contributed by atoms with E-state index in [-0.39, 0.29) is 0 Å². The van der Waals surface area contributed by atoms with Gasteiger partial charge in [0, 0.05) is 19.6 Å². The van der Waals surface area contributed by atoms with Crippen LogP contribution >= 0.6 is 0 Å². The fourth-order valence-electron chi connectivity index (χ4n) is 3.87. The topological polar surface area (TPSA) is 69.2 Å². The zero-order chi connectivity index (χ0) is 16.4. The molecule has 2 aliphatic rings. The zero-order valence-electron chi connectivity index (χ0n) is 14.0. The van der Waals surface area contributed by atoms with Gasteiger partial charge in [-0.25, -0.2) is 4.68 Å². The summed E-state index contributed by atoms with van der Waals surface area (Å²) in [5, 5.41) is 8.40. The third kappa shape index (κ3) is 3.22. The summed E-state index contributed by atoms with van der Waals surface area (Å²) in [6, 6.07) is 7.03. The van der Waals surface area contributed by atoms with Gasteiger partial charge in [0.15, 0.2) is 0 Å². The number of fused-ring (bicyclic) bond motifs is 1. The van der Waals surface area contributed by atoms with Gasteiger partial charge in [0.05, 0.1) is 31.1 Å². The molecule has 1 fully saturated rings. The van der Waals surface area contributed by atoms with Crippen molar-refractivity contribution in [1.29, 1.82) is 0 Å². The van der Waals surface area contributed by atoms with Crippen molar-refractivity contribution in [3.05, 3.63) is 46.8 Å². The first kappa shape index (κ1) is 15.7. The van der Waals surface area contributed by atoms with Gasteiger partial charge < -0.3 is 10.5 Å². The van der Waals surface area contributed by atoms with E-state index in [1.54, 1.807) is 0 Å². The highest BCUT2D eigenvalue weighted by molar-refractivity contribution is 5.36. The Morgan fingerprint density at radius 3 is 3.17 bits per heavy atom. The monoisotopic (exact) mass is 327 g/mol. The van der Waals surface area contributed by atoms with Gasteiger partial charge in [-0.1, -0.05) is 23.4 Å². The van der Waals surface area contributed by atoms with Gasteiger partial charge >= 0.3 is 0 Å². The van der Waals surface area contributed by atoms with E-state index in [0.717, 1.165) is 51.4 Å². The maximum Gasteiger partial charge on any atom is 0.0962 e. The van der Waals surface area contributed by atoms with Gasteiger partial charge in [-0.15, -0.1) is 5.10 Å². The largest absolute Gasteiger partial charge is 0.376 e. The molecule has 1 saturated heterocycles. The van der Waals surface area contributed by atoms with E-state index in [1.165, 1.54) is 23.1 Å². The lowest BCUT2D eigenvalue weighted by atomic mass is 9.96. The third-order valence-electron chi connectivity index (χ3n) is 5.14. The molecule has 1 aromatic heterocycles. The number of piperidine rings is 1. The maximum absolute atomic E-state index is 5.65. The highest BCUT2D eigenvalue weighted by atomic mass is 16.5. The summed E-state index contributed by atoms with van der Waals surface area (Å²) >= 11 is 0. The first-order valence-electron chi connectivity index (χ1n) is 8.84. The maximum atomic E-state index is 5.65. The van der Waals surface area contributed by atoms with Crippen LogP contribution in [0.2, 0.25) is 0 Å². The number of nitrogens with zero attached hydrogens (tertiary/aromatic N) is 4. The van der Waals surface area contributed by atoms with Crippen LogP contribution in [0.3, 0.4) is 0 Å². The molecular weight excluding hydrogens is 302 g/mol. The number of hydrogen-bond donors (Lipinski definition) is 1. The second-order valence-corrected chi connectivity index (χ2v) is 6.78. The highest BCUT2D eigenvalue weighted by Gasteiger charge is 2.23. The highest BCUT2D eigenvalue weighted by Crippen LogP contribution is 2.26. The lowest BCUT2D eigenvalue weighted by Crippen LogP contribution is -2.36. The number of hydrogen-bond acceptors (Lipinski definition) is 5. The molecule has 0 bridgehead atoms. The van der Waals surface area contributed by atoms with Crippen molar-refractivity contribution in [3.8, 4) is 0 Å². The molecule has 0 aliphatic carbocycles. The van der Waals surface area contributed by atoms with E-state index in [4.69, 9.17) is 10.5 Å². The van der Waals surface area contributed by atoms with Crippen LogP contribution in [0.4, 0.5) is 0 Å². The molecule has 2 aromatic rings. The van der Waals surface area contributed by atoms with E-state index in [0.29, 0.717) is 12.6 Å². The molecule has 24 heavy (non-hydrogen) atoms. The van der Waals surface area contributed by atoms with Crippen LogP contribution in [-0.4, -0.2) is 39.6 Å². The van der Waals surface area contributed by atoms with E-state index >= 15 is 0 Å². The molecule has 3 heterocycles. The summed E-state index contributed by atoms with van der Waals surface area (Å²) in [7, 11) is 0. The van der Waals surface area contributed by atoms with Crippen LogP contribution in [0.15, 0.2) is 24.4 Å². The molecule has 0 amide bonds. The molecule has 0 spiro atoms. The van der Waals surface area contributed by atoms with Crippen LogP contribution in [-0.2, 0) is 30.9 Å². The average Bonchev–Trinajstić information content (AvgIpc) is 3.12. The smallest absolute Gasteiger partial charge is 0.0962 e. The first-order chi connectivity index (χ1) is 11.8. The van der Waals surface area contributed by atoms with Crippen LogP contribution in [0, 0.1) is 0 Å². The molecule has 1 unspecified atom stereocenters. The Hall–Kier alpha value is -1.76. The Kier molecular flexibility index (Phi) is 4.60. The van der Waals surface area contributed by atoms with Crippen LogP contribution in [0.1, 0.15) is 41.3 Å². The van der Waals surface area contributed by atoms with E-state index in [1.807, 2.05) is 10.9 Å². The molecule has 2 N–H and O–H groups in total. The summed E-state index contributed by atoms with van der Waals surface area (Å²) < 4.78 is 7.59. The summed E-state index contributed by atoms with van der Waals surface area (Å²) in [6.45, 7) is 5.23. The van der Waals surface area contributed by atoms with Crippen molar-refractivity contribution >= 4 is 0 Å². The van der Waals surface area contributed by atoms with Crippen molar-refractivity contribution in [2.75, 3.05) is 19.7 Å². The first-order valence-corrected chi connectivity index (χ1v) is 8.84. The quantitative estimate of drug-likeness (QED) is 0.925. The minimum atomic E-state index is 0.398. The van der Waals surface area contributed by atoms with E-state index in [9.17, 15) is 0 Å². The molecule has 0 saturated carbocycles. The molecule has 128 valence electrons. The van der Waals surface area contributed by atoms with Crippen molar-refractivity contribution in [3.63, 3.8) is 0 Å². The summed E-state index contributed by atoms with van der Waals surface area (Å²) in [4.78, 5) is 2.54. The Morgan fingerprint density at radius 1 is 1.33 bits per heavy atom. The molecule has 1 aromatic carbocycles. The predicted octanol–water partition coefficient (Wildman–Crippen LogP) is 1.65. The number of ether oxygens (including phenoxy) is 1. The Labute approximate surface area is 142 Å². The standard InChI is InChI=1S/C18H25N5O/c19-9-16-11-23(21-20-16)17-5-2-7-22(12-17)10-14-3-1-4-15-13-24-8-6-18(14)15/h1,3-4,11,17H,2,5-10,12-13,19H2. The summed E-state index contributed by atoms with van der Waals surface area (Å²) in [5.74, 6) is 0. The summed E-state index contributed by atoms with van der Waals surface area (Å²) in [5.41, 5.74) is 10.8. The number of likely N-dealkylation sites (tertiary alicyclic amines) is 1. The molecular formula is C18H25N5O. The lowest BCUT2D eigenvalue weighted by Gasteiger charge is -2.33. The minimum Gasteiger partial charge on any atom is -0.376 e. The van der Waals surface area contributed by atoms with Gasteiger partial charge in [0.2, 0.25) is 0 Å². The lowest BCUT2D eigenvalue weighted by molar-refractivity contribution is 0.109. The second-order valence-electron chi connectivity index (χ2n) is 6.78. The van der Waals surface area contributed by atoms with E-state index in [2.05, 4.69) is 33.4 Å². The normalized spacial score (nSPS) is 21.6. The number of aromatic nitrogens is 3. The van der Waals surface area contributed by atoms with Gasteiger partial charge in [-0.3, -0.25) is 4.90 Å². The van der Waals surface area contributed by atoms with Crippen LogP contribution < -0.4 is 5.73 Å². The van der Waals surface area contributed by atoms with Gasteiger partial charge in [0.1, 0.15) is 0 Å². The van der Waals surface area contributed by atoms with Crippen LogP contribution in [0.5, 0.6) is 0 Å². The van der Waals surface area contributed by atoms with Gasteiger partial charge in [0.25, 0.3) is 0 Å². The average molecular weight is 327 g/mol. The Bertz CT molecular complexity index is 698. The molecule has 6 nitrogen and oxygen atoms in total. The molecule has 6 heteroatoms. The fraction of sp³-hybridized carbons (Fsp3) is 0.556. The Morgan fingerprint density at radius 2 is 2.29 bits per heavy atom. The van der Waals surface area contributed by atoms with Crippen molar-refractivity contribution in [2.24, 2.45) is 5.73 Å². The minimum absolute atomic E-state index is 0.398. The number of benzene rings is 1. The van der Waals surface area contributed by atoms with Crippen molar-refractivity contribution in [2.45, 2.75) is 45.0 Å². The molecule has 1 atom stereocenters. The summed E-state index contributed by atoms with van der Waals surface area (Å²) in [6.07, 6.45) is 5.38. The molecule has 4 rings (SSSR count). The van der Waals surface area contributed by atoms with Crippen molar-refractivity contribution < 1.29 is 4.74 Å². The van der Waals surface area contributed by atoms with Gasteiger partial charge in [-0.2, -0.15) is 0 Å². The fourth-order valence-corrected chi connectivity index (χ4v) is 3.87. The van der Waals surface area contributed by atoms with E-state index < -0.39 is 0 Å². The van der Waals surface area contributed by atoms with Crippen molar-refractivity contribution in [1.82, 2.24) is 19.9 Å². The Balaban J connectivity index is 1.47. The van der Waals surface area contributed by atoms with Gasteiger partial charge in [-0.05, 0) is 42.5 Å².